The minimum atomic E-state index is -0.0229. The predicted molar refractivity (Wildman–Crippen MR) is 68.0 cm³/mol. The molecule has 5 heteroatoms. The van der Waals surface area contributed by atoms with Gasteiger partial charge in [0, 0.05) is 19.0 Å². The summed E-state index contributed by atoms with van der Waals surface area (Å²) >= 11 is 1.61. The summed E-state index contributed by atoms with van der Waals surface area (Å²) in [6.45, 7) is 5.10. The van der Waals surface area contributed by atoms with Gasteiger partial charge in [0.25, 0.3) is 0 Å². The standard InChI is InChI=1S/C12H21NO3S/c1-9(17-2)11(14)13-5-3-10(4-6-13)12-15-7-8-16-12/h9-10,12H,3-8H2,1-2H3. The van der Waals surface area contributed by atoms with Crippen LogP contribution in [0.4, 0.5) is 0 Å². The molecule has 0 aliphatic carbocycles. The molecule has 17 heavy (non-hydrogen) atoms. The molecular formula is C12H21NO3S. The van der Waals surface area contributed by atoms with Gasteiger partial charge >= 0.3 is 0 Å². The fraction of sp³-hybridized carbons (Fsp3) is 0.917. The Kier molecular flexibility index (Phi) is 4.70. The number of thioether (sulfide) groups is 1. The van der Waals surface area contributed by atoms with Crippen molar-refractivity contribution >= 4 is 17.7 Å². The van der Waals surface area contributed by atoms with Crippen LogP contribution in [-0.4, -0.2) is 54.9 Å². The summed E-state index contributed by atoms with van der Waals surface area (Å²) in [5.41, 5.74) is 0. The van der Waals surface area contributed by atoms with Gasteiger partial charge in [-0.1, -0.05) is 0 Å². The van der Waals surface area contributed by atoms with Crippen molar-refractivity contribution in [3.05, 3.63) is 0 Å². The van der Waals surface area contributed by atoms with E-state index in [2.05, 4.69) is 0 Å². The maximum Gasteiger partial charge on any atom is 0.235 e. The minimum Gasteiger partial charge on any atom is -0.350 e. The van der Waals surface area contributed by atoms with Crippen LogP contribution in [0.25, 0.3) is 0 Å². The fourth-order valence-corrected chi connectivity index (χ4v) is 2.75. The molecule has 4 nitrogen and oxygen atoms in total. The van der Waals surface area contributed by atoms with Gasteiger partial charge in [-0.25, -0.2) is 0 Å². The number of carbonyl (C=O) groups excluding carboxylic acids is 1. The fourth-order valence-electron chi connectivity index (χ4n) is 2.40. The average Bonchev–Trinajstić information content (AvgIpc) is 2.91. The second-order valence-electron chi connectivity index (χ2n) is 4.65. The number of ether oxygens (including phenoxy) is 2. The van der Waals surface area contributed by atoms with E-state index in [-0.39, 0.29) is 17.4 Å². The Balaban J connectivity index is 1.79. The third-order valence-corrected chi connectivity index (χ3v) is 4.49. The molecule has 0 saturated carbocycles. The minimum absolute atomic E-state index is 0.0229. The first-order valence-corrected chi connectivity index (χ1v) is 7.56. The molecule has 0 aromatic heterocycles. The van der Waals surface area contributed by atoms with E-state index in [9.17, 15) is 4.79 Å². The van der Waals surface area contributed by atoms with E-state index >= 15 is 0 Å². The van der Waals surface area contributed by atoms with Gasteiger partial charge in [0.1, 0.15) is 0 Å². The van der Waals surface area contributed by atoms with Crippen molar-refractivity contribution in [3.63, 3.8) is 0 Å². The van der Waals surface area contributed by atoms with Crippen LogP contribution in [0.1, 0.15) is 19.8 Å². The van der Waals surface area contributed by atoms with Crippen LogP contribution in [0.3, 0.4) is 0 Å². The van der Waals surface area contributed by atoms with Crippen molar-refractivity contribution in [1.29, 1.82) is 0 Å². The van der Waals surface area contributed by atoms with Gasteiger partial charge in [-0.15, -0.1) is 0 Å². The van der Waals surface area contributed by atoms with Crippen LogP contribution in [0.15, 0.2) is 0 Å². The Bertz CT molecular complexity index is 260. The van der Waals surface area contributed by atoms with Crippen molar-refractivity contribution < 1.29 is 14.3 Å². The lowest BCUT2D eigenvalue weighted by Crippen LogP contribution is -2.44. The highest BCUT2D eigenvalue weighted by atomic mass is 32.2. The molecule has 2 aliphatic rings. The number of carbonyl (C=O) groups is 1. The van der Waals surface area contributed by atoms with Crippen molar-refractivity contribution in [2.75, 3.05) is 32.6 Å². The Morgan fingerprint density at radius 2 is 1.88 bits per heavy atom. The van der Waals surface area contributed by atoms with Crippen LogP contribution in [-0.2, 0) is 14.3 Å². The number of piperidine rings is 1. The lowest BCUT2D eigenvalue weighted by molar-refractivity contribution is -0.136. The molecule has 0 aromatic rings. The molecule has 1 unspecified atom stereocenters. The summed E-state index contributed by atoms with van der Waals surface area (Å²) < 4.78 is 11.1. The van der Waals surface area contributed by atoms with E-state index < -0.39 is 0 Å². The second-order valence-corrected chi connectivity index (χ2v) is 5.83. The average molecular weight is 259 g/mol. The first kappa shape index (κ1) is 13.2. The van der Waals surface area contributed by atoms with Gasteiger partial charge < -0.3 is 14.4 Å². The SMILES string of the molecule is CSC(C)C(=O)N1CCC(C2OCCO2)CC1. The third kappa shape index (κ3) is 3.14. The van der Waals surface area contributed by atoms with E-state index in [1.807, 2.05) is 18.1 Å². The molecule has 2 heterocycles. The number of hydrogen-bond acceptors (Lipinski definition) is 4. The molecule has 0 bridgehead atoms. The van der Waals surface area contributed by atoms with E-state index in [0.29, 0.717) is 19.1 Å². The van der Waals surface area contributed by atoms with Crippen LogP contribution in [0.2, 0.25) is 0 Å². The molecule has 1 atom stereocenters. The lowest BCUT2D eigenvalue weighted by atomic mass is 9.96. The van der Waals surface area contributed by atoms with Crippen LogP contribution < -0.4 is 0 Å². The van der Waals surface area contributed by atoms with Crippen LogP contribution in [0, 0.1) is 5.92 Å². The summed E-state index contributed by atoms with van der Waals surface area (Å²) in [7, 11) is 0. The topological polar surface area (TPSA) is 38.8 Å². The van der Waals surface area contributed by atoms with Crippen molar-refractivity contribution in [1.82, 2.24) is 4.90 Å². The zero-order chi connectivity index (χ0) is 12.3. The molecule has 0 N–H and O–H groups in total. The van der Waals surface area contributed by atoms with Gasteiger partial charge in [0.2, 0.25) is 5.91 Å². The van der Waals surface area contributed by atoms with Gasteiger partial charge in [-0.05, 0) is 26.0 Å². The first-order chi connectivity index (χ1) is 8.22. The molecule has 0 aromatic carbocycles. The van der Waals surface area contributed by atoms with Gasteiger partial charge in [-0.2, -0.15) is 11.8 Å². The van der Waals surface area contributed by atoms with E-state index in [1.165, 1.54) is 0 Å². The summed E-state index contributed by atoms with van der Waals surface area (Å²) in [5, 5.41) is 0.0746. The molecule has 2 rings (SSSR count). The largest absolute Gasteiger partial charge is 0.350 e. The normalized spacial score (nSPS) is 25.2. The Morgan fingerprint density at radius 1 is 1.29 bits per heavy atom. The highest BCUT2D eigenvalue weighted by molar-refractivity contribution is 7.99. The lowest BCUT2D eigenvalue weighted by Gasteiger charge is -2.34. The Labute approximate surface area is 107 Å². The smallest absolute Gasteiger partial charge is 0.235 e. The van der Waals surface area contributed by atoms with E-state index in [4.69, 9.17) is 9.47 Å². The van der Waals surface area contributed by atoms with E-state index in [0.717, 1.165) is 25.9 Å². The van der Waals surface area contributed by atoms with E-state index in [1.54, 1.807) is 11.8 Å². The molecular weight excluding hydrogens is 238 g/mol. The summed E-state index contributed by atoms with van der Waals surface area (Å²) in [4.78, 5) is 14.0. The third-order valence-electron chi connectivity index (χ3n) is 3.59. The van der Waals surface area contributed by atoms with Crippen molar-refractivity contribution in [2.45, 2.75) is 31.3 Å². The summed E-state index contributed by atoms with van der Waals surface area (Å²) in [5.74, 6) is 0.732. The molecule has 2 fully saturated rings. The van der Waals surface area contributed by atoms with Crippen molar-refractivity contribution in [3.8, 4) is 0 Å². The summed E-state index contributed by atoms with van der Waals surface area (Å²) in [6.07, 6.45) is 3.95. The van der Waals surface area contributed by atoms with Crippen LogP contribution in [0.5, 0.6) is 0 Å². The number of nitrogens with zero attached hydrogens (tertiary/aromatic N) is 1. The zero-order valence-corrected chi connectivity index (χ0v) is 11.4. The van der Waals surface area contributed by atoms with Gasteiger partial charge in [-0.3, -0.25) is 4.79 Å². The maximum atomic E-state index is 12.0. The highest BCUT2D eigenvalue weighted by Crippen LogP contribution is 2.26. The molecule has 98 valence electrons. The van der Waals surface area contributed by atoms with Crippen molar-refractivity contribution in [2.24, 2.45) is 5.92 Å². The van der Waals surface area contributed by atoms with Crippen LogP contribution >= 0.6 is 11.8 Å². The number of hydrogen-bond donors (Lipinski definition) is 0. The number of rotatable bonds is 3. The Hall–Kier alpha value is -0.260. The maximum absolute atomic E-state index is 12.0. The molecule has 0 radical (unpaired) electrons. The number of amides is 1. The highest BCUT2D eigenvalue weighted by Gasteiger charge is 2.32. The predicted octanol–water partition coefficient (Wildman–Crippen LogP) is 1.35. The van der Waals surface area contributed by atoms with Gasteiger partial charge in [0.15, 0.2) is 6.29 Å². The quantitative estimate of drug-likeness (QED) is 0.767. The zero-order valence-electron chi connectivity index (χ0n) is 10.6. The molecule has 1 amide bonds. The monoisotopic (exact) mass is 259 g/mol. The first-order valence-electron chi connectivity index (χ1n) is 6.27. The molecule has 2 saturated heterocycles. The second kappa shape index (κ2) is 6.07. The molecule has 0 spiro atoms. The molecule has 2 aliphatic heterocycles. The van der Waals surface area contributed by atoms with Gasteiger partial charge in [0.05, 0.1) is 18.5 Å². The summed E-state index contributed by atoms with van der Waals surface area (Å²) in [6, 6.07) is 0. The Morgan fingerprint density at radius 3 is 2.41 bits per heavy atom. The number of likely N-dealkylation sites (tertiary alicyclic amines) is 1.